The molecule has 0 saturated heterocycles. The van der Waals surface area contributed by atoms with Crippen LogP contribution in [0.25, 0.3) is 0 Å². The smallest absolute Gasteiger partial charge is 0.404 e. The number of rotatable bonds is 5. The van der Waals surface area contributed by atoms with Gasteiger partial charge in [0.2, 0.25) is 10.0 Å². The Morgan fingerprint density at radius 3 is 2.21 bits per heavy atom. The third kappa shape index (κ3) is 5.26. The summed E-state index contributed by atoms with van der Waals surface area (Å²) in [7, 11) is -4.79. The first kappa shape index (κ1) is 15.4. The summed E-state index contributed by atoms with van der Waals surface area (Å²) in [6.07, 6.45) is -4.94. The molecule has 9 heteroatoms. The van der Waals surface area contributed by atoms with E-state index in [1.54, 1.807) is 6.07 Å². The first-order valence-electron chi connectivity index (χ1n) is 4.95. The van der Waals surface area contributed by atoms with Gasteiger partial charge >= 0.3 is 12.1 Å². The Balaban J connectivity index is 2.96. The summed E-state index contributed by atoms with van der Waals surface area (Å²) in [6.45, 7) is 0. The maximum atomic E-state index is 12.0. The van der Waals surface area contributed by atoms with Gasteiger partial charge < -0.3 is 5.11 Å². The predicted molar refractivity (Wildman–Crippen MR) is 59.8 cm³/mol. The van der Waals surface area contributed by atoms with Gasteiger partial charge in [0.25, 0.3) is 0 Å². The second-order valence-electron chi connectivity index (χ2n) is 3.67. The molecule has 0 bridgehead atoms. The average Bonchev–Trinajstić information content (AvgIpc) is 2.23. The Morgan fingerprint density at radius 1 is 1.26 bits per heavy atom. The Kier molecular flexibility index (Phi) is 4.53. The van der Waals surface area contributed by atoms with Gasteiger partial charge in [-0.25, -0.2) is 8.42 Å². The molecule has 0 unspecified atom stereocenters. The molecule has 0 aliphatic rings. The van der Waals surface area contributed by atoms with Crippen molar-refractivity contribution in [1.82, 2.24) is 4.72 Å². The van der Waals surface area contributed by atoms with E-state index in [0.717, 1.165) is 0 Å². The van der Waals surface area contributed by atoms with Gasteiger partial charge in [-0.3, -0.25) is 4.79 Å². The minimum Gasteiger partial charge on any atom is -0.480 e. The zero-order chi connectivity index (χ0) is 14.7. The van der Waals surface area contributed by atoms with E-state index in [-0.39, 0.29) is 5.56 Å². The van der Waals surface area contributed by atoms with Gasteiger partial charge in [0.05, 0.1) is 0 Å². The monoisotopic (exact) mass is 297 g/mol. The van der Waals surface area contributed by atoms with Crippen molar-refractivity contribution in [3.05, 3.63) is 35.9 Å². The number of alkyl halides is 3. The van der Waals surface area contributed by atoms with E-state index in [9.17, 15) is 26.4 Å². The van der Waals surface area contributed by atoms with E-state index in [0.29, 0.717) is 0 Å². The molecule has 1 aromatic rings. The van der Waals surface area contributed by atoms with Crippen LogP contribution in [0.1, 0.15) is 11.6 Å². The van der Waals surface area contributed by atoms with Crippen molar-refractivity contribution < 1.29 is 31.5 Å². The van der Waals surface area contributed by atoms with Crippen molar-refractivity contribution in [2.24, 2.45) is 0 Å². The second kappa shape index (κ2) is 5.57. The molecule has 2 N–H and O–H groups in total. The Bertz CT molecular complexity index is 542. The molecule has 0 aliphatic heterocycles. The normalized spacial score (nSPS) is 14.1. The summed E-state index contributed by atoms with van der Waals surface area (Å²) < 4.78 is 60.1. The van der Waals surface area contributed by atoms with Crippen LogP contribution in [0.4, 0.5) is 13.2 Å². The van der Waals surface area contributed by atoms with Gasteiger partial charge in [-0.15, -0.1) is 0 Å². The number of nitrogens with one attached hydrogen (secondary N) is 1. The van der Waals surface area contributed by atoms with Gasteiger partial charge in [0.1, 0.15) is 6.04 Å². The Hall–Kier alpha value is -1.61. The van der Waals surface area contributed by atoms with Gasteiger partial charge in [0.15, 0.2) is 5.75 Å². The lowest BCUT2D eigenvalue weighted by molar-refractivity contribution is -0.139. The van der Waals surface area contributed by atoms with Crippen LogP contribution in [0.5, 0.6) is 0 Å². The van der Waals surface area contributed by atoms with E-state index < -0.39 is 34.0 Å². The molecule has 5 nitrogen and oxygen atoms in total. The van der Waals surface area contributed by atoms with E-state index in [1.165, 1.54) is 29.0 Å². The van der Waals surface area contributed by atoms with Crippen molar-refractivity contribution in [3.63, 3.8) is 0 Å². The molecule has 0 radical (unpaired) electrons. The lowest BCUT2D eigenvalue weighted by atomic mass is 10.1. The molecule has 0 aliphatic carbocycles. The number of benzene rings is 1. The molecule has 106 valence electrons. The summed E-state index contributed by atoms with van der Waals surface area (Å²) in [5.74, 6) is -3.71. The molecule has 0 fully saturated rings. The summed E-state index contributed by atoms with van der Waals surface area (Å²) in [5, 5.41) is 8.88. The lowest BCUT2D eigenvalue weighted by Gasteiger charge is -2.15. The van der Waals surface area contributed by atoms with Gasteiger partial charge in [-0.1, -0.05) is 30.3 Å². The molecular weight excluding hydrogens is 287 g/mol. The van der Waals surface area contributed by atoms with Gasteiger partial charge in [-0.2, -0.15) is 17.9 Å². The van der Waals surface area contributed by atoms with Crippen molar-refractivity contribution in [2.45, 2.75) is 12.2 Å². The first-order valence-corrected chi connectivity index (χ1v) is 6.60. The number of hydrogen-bond donors (Lipinski definition) is 2. The highest BCUT2D eigenvalue weighted by molar-refractivity contribution is 7.89. The van der Waals surface area contributed by atoms with Crippen LogP contribution >= 0.6 is 0 Å². The third-order valence-electron chi connectivity index (χ3n) is 2.03. The Labute approximate surface area is 107 Å². The molecule has 0 aromatic heterocycles. The van der Waals surface area contributed by atoms with Crippen LogP contribution in [0.3, 0.4) is 0 Å². The van der Waals surface area contributed by atoms with Crippen LogP contribution in [0, 0.1) is 0 Å². The predicted octanol–water partition coefficient (Wildman–Crippen LogP) is 1.29. The number of carboxylic acid groups (broad SMARTS) is 1. The van der Waals surface area contributed by atoms with Gasteiger partial charge in [0, 0.05) is 0 Å². The van der Waals surface area contributed by atoms with Crippen LogP contribution in [0.2, 0.25) is 0 Å². The van der Waals surface area contributed by atoms with Crippen molar-refractivity contribution in [1.29, 1.82) is 0 Å². The lowest BCUT2D eigenvalue weighted by Crippen LogP contribution is -2.39. The van der Waals surface area contributed by atoms with Crippen molar-refractivity contribution >= 4 is 16.0 Å². The maximum Gasteiger partial charge on any atom is 0.404 e. The molecule has 0 saturated carbocycles. The molecule has 0 heterocycles. The molecule has 1 atom stereocenters. The summed E-state index contributed by atoms with van der Waals surface area (Å²) >= 11 is 0. The average molecular weight is 297 g/mol. The standard InChI is InChI=1S/C10H10F3NO4S/c11-10(12,13)6-19(17,18)14-8(9(15)16)7-4-2-1-3-5-7/h1-5,8,14H,6H2,(H,15,16)/t8-/m1/s1. The van der Waals surface area contributed by atoms with Crippen LogP contribution in [0.15, 0.2) is 30.3 Å². The molecule has 1 rings (SSSR count). The summed E-state index contributed by atoms with van der Waals surface area (Å²) in [5.41, 5.74) is 0.0424. The van der Waals surface area contributed by atoms with Crippen LogP contribution in [-0.2, 0) is 14.8 Å². The topological polar surface area (TPSA) is 83.5 Å². The fourth-order valence-electron chi connectivity index (χ4n) is 1.34. The zero-order valence-electron chi connectivity index (χ0n) is 9.39. The minimum absolute atomic E-state index is 0.0424. The highest BCUT2D eigenvalue weighted by Gasteiger charge is 2.37. The van der Waals surface area contributed by atoms with E-state index >= 15 is 0 Å². The highest BCUT2D eigenvalue weighted by Crippen LogP contribution is 2.19. The van der Waals surface area contributed by atoms with Crippen molar-refractivity contribution in [3.8, 4) is 0 Å². The number of sulfonamides is 1. The van der Waals surface area contributed by atoms with E-state index in [1.807, 2.05) is 0 Å². The van der Waals surface area contributed by atoms with Crippen molar-refractivity contribution in [2.75, 3.05) is 5.75 Å². The van der Waals surface area contributed by atoms with Crippen LogP contribution < -0.4 is 4.72 Å². The fraction of sp³-hybridized carbons (Fsp3) is 0.300. The zero-order valence-corrected chi connectivity index (χ0v) is 10.2. The van der Waals surface area contributed by atoms with E-state index in [4.69, 9.17) is 5.11 Å². The fourth-order valence-corrected chi connectivity index (χ4v) is 2.45. The molecule has 1 aromatic carbocycles. The molecule has 0 spiro atoms. The summed E-state index contributed by atoms with van der Waals surface area (Å²) in [4.78, 5) is 10.9. The van der Waals surface area contributed by atoms with E-state index in [2.05, 4.69) is 0 Å². The number of aliphatic carboxylic acids is 1. The number of hydrogen-bond acceptors (Lipinski definition) is 3. The highest BCUT2D eigenvalue weighted by atomic mass is 32.2. The van der Waals surface area contributed by atoms with Crippen LogP contribution in [-0.4, -0.2) is 31.4 Å². The number of carbonyl (C=O) groups is 1. The largest absolute Gasteiger partial charge is 0.480 e. The van der Waals surface area contributed by atoms with Gasteiger partial charge in [-0.05, 0) is 5.56 Å². The quantitative estimate of drug-likeness (QED) is 0.858. The second-order valence-corrected chi connectivity index (χ2v) is 5.43. The third-order valence-corrected chi connectivity index (χ3v) is 3.33. The molecule has 0 amide bonds. The number of carboxylic acids is 1. The summed E-state index contributed by atoms with van der Waals surface area (Å²) in [6, 6.07) is 5.30. The Morgan fingerprint density at radius 2 is 1.79 bits per heavy atom. The number of halogens is 3. The minimum atomic E-state index is -4.94. The maximum absolute atomic E-state index is 12.0. The first-order chi connectivity index (χ1) is 8.61. The SMILES string of the molecule is O=C(O)[C@H](NS(=O)(=O)CC(F)(F)F)c1ccccc1. The molecule has 19 heavy (non-hydrogen) atoms. The molecular formula is C10H10F3NO4S.